The van der Waals surface area contributed by atoms with Gasteiger partial charge in [0.25, 0.3) is 5.91 Å². The maximum atomic E-state index is 12.2. The molecule has 4 heteroatoms. The number of nitrogens with zero attached hydrogens (tertiary/aromatic N) is 1. The van der Waals surface area contributed by atoms with Gasteiger partial charge in [-0.3, -0.25) is 9.78 Å². The van der Waals surface area contributed by atoms with Crippen LogP contribution < -0.4 is 10.1 Å². The monoisotopic (exact) mass is 310 g/mol. The van der Waals surface area contributed by atoms with Crippen LogP contribution >= 0.6 is 0 Å². The Morgan fingerprint density at radius 3 is 2.70 bits per heavy atom. The number of methoxy groups -OCH3 is 1. The maximum absolute atomic E-state index is 12.2. The Labute approximate surface area is 136 Å². The number of nitrogens with one attached hydrogen (secondary N) is 1. The van der Waals surface area contributed by atoms with Crippen LogP contribution in [0, 0.1) is 0 Å². The smallest absolute Gasteiger partial charge is 0.270 e. The molecule has 1 saturated carbocycles. The Bertz CT molecular complexity index is 640. The van der Waals surface area contributed by atoms with Crippen molar-refractivity contribution in [1.82, 2.24) is 10.3 Å². The standard InChI is InChI=1S/C19H22N2O2/c1-23-17-10-8-14(9-11-17)15-5-4-6-16(13-15)21-19(22)18-7-2-3-12-20-18/h2-3,7-12,15-16H,4-6,13H2,1H3,(H,21,22)/t15-,16+/m0/s1. The van der Waals surface area contributed by atoms with Crippen LogP contribution in [0.4, 0.5) is 0 Å². The zero-order valence-electron chi connectivity index (χ0n) is 13.4. The van der Waals surface area contributed by atoms with Gasteiger partial charge in [-0.05, 0) is 55.0 Å². The minimum absolute atomic E-state index is 0.0778. The lowest BCUT2D eigenvalue weighted by Crippen LogP contribution is -2.38. The normalized spacial score (nSPS) is 20.7. The molecular weight excluding hydrogens is 288 g/mol. The van der Waals surface area contributed by atoms with Gasteiger partial charge in [0.2, 0.25) is 0 Å². The number of hydrogen-bond acceptors (Lipinski definition) is 3. The molecule has 0 aliphatic heterocycles. The van der Waals surface area contributed by atoms with E-state index in [-0.39, 0.29) is 11.9 Å². The predicted octanol–water partition coefficient (Wildman–Crippen LogP) is 3.55. The quantitative estimate of drug-likeness (QED) is 0.939. The zero-order chi connectivity index (χ0) is 16.1. The molecule has 1 fully saturated rings. The van der Waals surface area contributed by atoms with Gasteiger partial charge in [0.15, 0.2) is 0 Å². The number of rotatable bonds is 4. The summed E-state index contributed by atoms with van der Waals surface area (Å²) >= 11 is 0. The minimum atomic E-state index is -0.0778. The van der Waals surface area contributed by atoms with Gasteiger partial charge in [0, 0.05) is 12.2 Å². The van der Waals surface area contributed by atoms with Crippen LogP contribution in [0.3, 0.4) is 0 Å². The van der Waals surface area contributed by atoms with Gasteiger partial charge >= 0.3 is 0 Å². The molecule has 0 saturated heterocycles. The van der Waals surface area contributed by atoms with Crippen molar-refractivity contribution in [3.63, 3.8) is 0 Å². The lowest BCUT2D eigenvalue weighted by Gasteiger charge is -2.30. The molecular formula is C19H22N2O2. The Kier molecular flexibility index (Phi) is 4.91. The molecule has 0 radical (unpaired) electrons. The van der Waals surface area contributed by atoms with Crippen LogP contribution in [0.25, 0.3) is 0 Å². The fourth-order valence-electron chi connectivity index (χ4n) is 3.26. The summed E-state index contributed by atoms with van der Waals surface area (Å²) in [5, 5.41) is 3.13. The summed E-state index contributed by atoms with van der Waals surface area (Å²) in [4.78, 5) is 16.4. The predicted molar refractivity (Wildman–Crippen MR) is 89.7 cm³/mol. The van der Waals surface area contributed by atoms with Crippen molar-refractivity contribution >= 4 is 5.91 Å². The minimum Gasteiger partial charge on any atom is -0.497 e. The van der Waals surface area contributed by atoms with Crippen molar-refractivity contribution in [3.8, 4) is 5.75 Å². The van der Waals surface area contributed by atoms with Crippen LogP contribution in [-0.2, 0) is 0 Å². The maximum Gasteiger partial charge on any atom is 0.270 e. The van der Waals surface area contributed by atoms with E-state index < -0.39 is 0 Å². The third-order valence-corrected chi connectivity index (χ3v) is 4.49. The van der Waals surface area contributed by atoms with Gasteiger partial charge in [-0.2, -0.15) is 0 Å². The van der Waals surface area contributed by atoms with Crippen LogP contribution in [-0.4, -0.2) is 24.0 Å². The molecule has 2 atom stereocenters. The number of ether oxygens (including phenoxy) is 1. The van der Waals surface area contributed by atoms with E-state index in [2.05, 4.69) is 22.4 Å². The fourth-order valence-corrected chi connectivity index (χ4v) is 3.26. The summed E-state index contributed by atoms with van der Waals surface area (Å²) in [6, 6.07) is 13.9. The van der Waals surface area contributed by atoms with E-state index >= 15 is 0 Å². The highest BCUT2D eigenvalue weighted by molar-refractivity contribution is 5.92. The van der Waals surface area contributed by atoms with Gasteiger partial charge in [0.05, 0.1) is 7.11 Å². The topological polar surface area (TPSA) is 51.2 Å². The van der Waals surface area contributed by atoms with Crippen molar-refractivity contribution in [2.75, 3.05) is 7.11 Å². The summed E-state index contributed by atoms with van der Waals surface area (Å²) in [6.07, 6.45) is 5.96. The van der Waals surface area contributed by atoms with Crippen molar-refractivity contribution in [2.24, 2.45) is 0 Å². The SMILES string of the molecule is COc1ccc([C@H]2CCC[C@@H](NC(=O)c3ccccn3)C2)cc1. The highest BCUT2D eigenvalue weighted by atomic mass is 16.5. The molecule has 1 N–H and O–H groups in total. The largest absolute Gasteiger partial charge is 0.497 e. The van der Waals surface area contributed by atoms with E-state index in [9.17, 15) is 4.79 Å². The number of pyridine rings is 1. The molecule has 4 nitrogen and oxygen atoms in total. The molecule has 1 aromatic carbocycles. The molecule has 120 valence electrons. The molecule has 1 aliphatic carbocycles. The van der Waals surface area contributed by atoms with Crippen molar-refractivity contribution in [2.45, 2.75) is 37.6 Å². The van der Waals surface area contributed by atoms with Crippen LogP contribution in [0.15, 0.2) is 48.7 Å². The second-order valence-electron chi connectivity index (χ2n) is 6.02. The first-order valence-electron chi connectivity index (χ1n) is 8.12. The van der Waals surface area contributed by atoms with Crippen molar-refractivity contribution in [3.05, 3.63) is 59.9 Å². The molecule has 3 rings (SSSR count). The van der Waals surface area contributed by atoms with Crippen LogP contribution in [0.5, 0.6) is 5.75 Å². The molecule has 1 aromatic heterocycles. The van der Waals surface area contributed by atoms with Crippen molar-refractivity contribution < 1.29 is 9.53 Å². The van der Waals surface area contributed by atoms with Crippen LogP contribution in [0.2, 0.25) is 0 Å². The summed E-state index contributed by atoms with van der Waals surface area (Å²) < 4.78 is 5.22. The molecule has 1 heterocycles. The molecule has 0 bridgehead atoms. The van der Waals surface area contributed by atoms with E-state index in [1.807, 2.05) is 24.3 Å². The number of benzene rings is 1. The molecule has 1 aliphatic rings. The number of amides is 1. The van der Waals surface area contributed by atoms with E-state index in [0.717, 1.165) is 25.0 Å². The third kappa shape index (κ3) is 3.89. The van der Waals surface area contributed by atoms with Gasteiger partial charge in [-0.1, -0.05) is 24.6 Å². The van der Waals surface area contributed by atoms with Crippen LogP contribution in [0.1, 0.15) is 47.7 Å². The fraction of sp³-hybridized carbons (Fsp3) is 0.368. The second kappa shape index (κ2) is 7.27. The van der Waals surface area contributed by atoms with E-state index in [4.69, 9.17) is 4.74 Å². The van der Waals surface area contributed by atoms with E-state index in [1.54, 1.807) is 19.4 Å². The first-order valence-corrected chi connectivity index (χ1v) is 8.12. The number of carbonyl (C=O) groups is 1. The molecule has 23 heavy (non-hydrogen) atoms. The summed E-state index contributed by atoms with van der Waals surface area (Å²) in [5.41, 5.74) is 1.81. The number of aromatic nitrogens is 1. The Morgan fingerprint density at radius 1 is 1.17 bits per heavy atom. The Balaban J connectivity index is 1.62. The first-order chi connectivity index (χ1) is 11.3. The summed E-state index contributed by atoms with van der Waals surface area (Å²) in [7, 11) is 1.68. The zero-order valence-corrected chi connectivity index (χ0v) is 13.4. The van der Waals surface area contributed by atoms with Crippen molar-refractivity contribution in [1.29, 1.82) is 0 Å². The second-order valence-corrected chi connectivity index (χ2v) is 6.02. The lowest BCUT2D eigenvalue weighted by molar-refractivity contribution is 0.0920. The average molecular weight is 310 g/mol. The van der Waals surface area contributed by atoms with Gasteiger partial charge in [-0.15, -0.1) is 0 Å². The molecule has 2 aromatic rings. The summed E-state index contributed by atoms with van der Waals surface area (Å²) in [5.74, 6) is 1.29. The third-order valence-electron chi connectivity index (χ3n) is 4.49. The number of hydrogen-bond donors (Lipinski definition) is 1. The van der Waals surface area contributed by atoms with Gasteiger partial charge in [-0.25, -0.2) is 0 Å². The van der Waals surface area contributed by atoms with E-state index in [0.29, 0.717) is 11.6 Å². The number of carbonyl (C=O) groups excluding carboxylic acids is 1. The molecule has 0 spiro atoms. The first kappa shape index (κ1) is 15.5. The highest BCUT2D eigenvalue weighted by Crippen LogP contribution is 2.33. The average Bonchev–Trinajstić information content (AvgIpc) is 2.63. The van der Waals surface area contributed by atoms with Gasteiger partial charge in [0.1, 0.15) is 11.4 Å². The highest BCUT2D eigenvalue weighted by Gasteiger charge is 2.25. The molecule has 1 amide bonds. The van der Waals surface area contributed by atoms with Gasteiger partial charge < -0.3 is 10.1 Å². The Morgan fingerprint density at radius 2 is 2.00 bits per heavy atom. The Hall–Kier alpha value is -2.36. The lowest BCUT2D eigenvalue weighted by atomic mass is 9.81. The summed E-state index contributed by atoms with van der Waals surface area (Å²) in [6.45, 7) is 0. The van der Waals surface area contributed by atoms with E-state index in [1.165, 1.54) is 12.0 Å². The molecule has 0 unspecified atom stereocenters.